The fourth-order valence-electron chi connectivity index (χ4n) is 6.16. The Bertz CT molecular complexity index is 1910. The van der Waals surface area contributed by atoms with E-state index in [4.69, 9.17) is 23.4 Å². The van der Waals surface area contributed by atoms with Gasteiger partial charge in [-0.1, -0.05) is 33.8 Å². The number of rotatable bonds is 17. The van der Waals surface area contributed by atoms with Gasteiger partial charge in [-0.15, -0.1) is 0 Å². The van der Waals surface area contributed by atoms with Gasteiger partial charge in [0, 0.05) is 11.5 Å². The maximum absolute atomic E-state index is 15.5. The number of benzene rings is 2. The van der Waals surface area contributed by atoms with Gasteiger partial charge in [-0.3, -0.25) is 13.7 Å². The lowest BCUT2D eigenvalue weighted by molar-refractivity contribution is -0.152. The summed E-state index contributed by atoms with van der Waals surface area (Å²) >= 11 is -2.80. The van der Waals surface area contributed by atoms with Crippen LogP contribution in [0.1, 0.15) is 107 Å². The van der Waals surface area contributed by atoms with Crippen molar-refractivity contribution in [3.63, 3.8) is 0 Å². The predicted octanol–water partition coefficient (Wildman–Crippen LogP) is 9.18. The van der Waals surface area contributed by atoms with Crippen LogP contribution in [0.4, 0.5) is 19.7 Å². The summed E-state index contributed by atoms with van der Waals surface area (Å²) in [6.45, 7) is 23.0. The second-order valence-corrected chi connectivity index (χ2v) is 22.7. The first kappa shape index (κ1) is 48.3. The Hall–Kier alpha value is -4.06. The monoisotopic (exact) mass is 850 g/mol. The highest BCUT2D eigenvalue weighted by Gasteiger charge is 2.36. The van der Waals surface area contributed by atoms with Gasteiger partial charge in [0.2, 0.25) is 0 Å². The van der Waals surface area contributed by atoms with E-state index in [9.17, 15) is 23.1 Å². The summed E-state index contributed by atoms with van der Waals surface area (Å²) in [6, 6.07) is 11.6. The van der Waals surface area contributed by atoms with E-state index in [1.54, 1.807) is 74.4 Å². The van der Waals surface area contributed by atoms with Crippen LogP contribution in [0.3, 0.4) is 0 Å². The third-order valence-corrected chi connectivity index (χ3v) is 14.5. The maximum Gasteiger partial charge on any atom is 0.435 e. The number of carbonyl (C=O) groups is 3. The smallest absolute Gasteiger partial charge is 0.435 e. The van der Waals surface area contributed by atoms with Crippen LogP contribution in [0.5, 0.6) is 5.75 Å². The van der Waals surface area contributed by atoms with Gasteiger partial charge in [-0.25, -0.2) is 18.2 Å². The molecule has 2 atom stereocenters. The molecule has 2 aromatic carbocycles. The van der Waals surface area contributed by atoms with E-state index < -0.39 is 73.0 Å². The van der Waals surface area contributed by atoms with Crippen LogP contribution in [0.25, 0.3) is 10.9 Å². The van der Waals surface area contributed by atoms with Crippen molar-refractivity contribution < 1.29 is 50.9 Å². The number of amides is 1. The van der Waals surface area contributed by atoms with Crippen molar-refractivity contribution in [2.75, 3.05) is 30.5 Å². The van der Waals surface area contributed by atoms with Crippen molar-refractivity contribution in [2.24, 2.45) is 0 Å². The largest absolute Gasteiger partial charge is 0.492 e. The topological polar surface area (TPSA) is 159 Å². The van der Waals surface area contributed by atoms with Gasteiger partial charge in [0.15, 0.2) is 8.32 Å². The molecule has 0 aliphatic carbocycles. The molecule has 0 saturated heterocycles. The Balaban J connectivity index is 2.04. The summed E-state index contributed by atoms with van der Waals surface area (Å²) in [5.74, 6) is -1.24. The number of hydrogen-bond donors (Lipinski definition) is 1. The molecule has 0 aliphatic rings. The van der Waals surface area contributed by atoms with Crippen LogP contribution in [0.2, 0.25) is 18.1 Å². The van der Waals surface area contributed by atoms with E-state index >= 15 is 4.39 Å². The van der Waals surface area contributed by atoms with Crippen LogP contribution < -0.4 is 9.04 Å². The first-order chi connectivity index (χ1) is 26.8. The Morgan fingerprint density at radius 1 is 0.879 bits per heavy atom. The maximum atomic E-state index is 15.5. The van der Waals surface area contributed by atoms with Gasteiger partial charge in [0.05, 0.1) is 36.1 Å². The molecular formula is C41H63FN4O10SSi. The quantitative estimate of drug-likeness (QED) is 0.0597. The number of anilines is 1. The average molecular weight is 851 g/mol. The highest BCUT2D eigenvalue weighted by Crippen LogP contribution is 2.34. The van der Waals surface area contributed by atoms with Crippen molar-refractivity contribution in [1.29, 1.82) is 0 Å². The lowest BCUT2D eigenvalue weighted by Crippen LogP contribution is -2.45. The first-order valence-corrected chi connectivity index (χ1v) is 23.4. The Morgan fingerprint density at radius 3 is 2.02 bits per heavy atom. The molecule has 3 rings (SSSR count). The third-order valence-electron chi connectivity index (χ3n) is 9.12. The molecule has 0 radical (unpaired) electrons. The van der Waals surface area contributed by atoms with E-state index in [-0.39, 0.29) is 25.4 Å². The normalized spacial score (nSPS) is 13.5. The number of halogens is 1. The van der Waals surface area contributed by atoms with Crippen molar-refractivity contribution in [2.45, 2.75) is 137 Å². The SMILES string of the molecule is CCc1nn(C(=O)OC(C)(C)C)c2cc(OCCN(CC(O[Si](CC)(CC)CC)c3ccc(F)c(N(CC(=O)OC(C)(C)C)S(=O)O)c3)C(=O)OC(C)(C)C)ccc12. The number of nitrogens with zero attached hydrogens (tertiary/aromatic N) is 4. The highest BCUT2D eigenvalue weighted by molar-refractivity contribution is 7.80. The van der Waals surface area contributed by atoms with Gasteiger partial charge in [0.25, 0.3) is 11.3 Å². The van der Waals surface area contributed by atoms with Crippen LogP contribution in [-0.4, -0.2) is 93.0 Å². The number of esters is 1. The molecular weight excluding hydrogens is 788 g/mol. The molecule has 1 N–H and O–H groups in total. The zero-order chi connectivity index (χ0) is 43.8. The van der Waals surface area contributed by atoms with Gasteiger partial charge in [-0.05, 0) is 117 Å². The van der Waals surface area contributed by atoms with Gasteiger partial charge >= 0.3 is 18.2 Å². The molecule has 1 amide bonds. The van der Waals surface area contributed by atoms with Gasteiger partial charge < -0.3 is 28.3 Å². The fraction of sp³-hybridized carbons (Fsp3) is 0.610. The number of aryl methyl sites for hydroxylation is 1. The van der Waals surface area contributed by atoms with Crippen molar-refractivity contribution in [1.82, 2.24) is 14.7 Å². The van der Waals surface area contributed by atoms with Crippen molar-refractivity contribution in [3.8, 4) is 5.75 Å². The van der Waals surface area contributed by atoms with Crippen LogP contribution in [-0.2, 0) is 41.1 Å². The predicted molar refractivity (Wildman–Crippen MR) is 225 cm³/mol. The highest BCUT2D eigenvalue weighted by atomic mass is 32.2. The van der Waals surface area contributed by atoms with Crippen LogP contribution >= 0.6 is 0 Å². The van der Waals surface area contributed by atoms with Crippen LogP contribution in [0.15, 0.2) is 36.4 Å². The molecule has 0 fully saturated rings. The van der Waals surface area contributed by atoms with Crippen LogP contribution in [0, 0.1) is 5.82 Å². The minimum Gasteiger partial charge on any atom is -0.492 e. The molecule has 0 bridgehead atoms. The number of hydrogen-bond acceptors (Lipinski definition) is 10. The first-order valence-electron chi connectivity index (χ1n) is 19.8. The molecule has 0 spiro atoms. The van der Waals surface area contributed by atoms with E-state index in [0.717, 1.165) is 35.3 Å². The minimum absolute atomic E-state index is 0.0123. The lowest BCUT2D eigenvalue weighted by atomic mass is 10.1. The fourth-order valence-corrected chi connectivity index (χ4v) is 9.50. The molecule has 58 heavy (non-hydrogen) atoms. The summed E-state index contributed by atoms with van der Waals surface area (Å²) < 4.78 is 70.2. The third kappa shape index (κ3) is 13.8. The molecule has 324 valence electrons. The number of ether oxygens (including phenoxy) is 4. The average Bonchev–Trinajstić information content (AvgIpc) is 3.48. The number of fused-ring (bicyclic) bond motifs is 1. The summed E-state index contributed by atoms with van der Waals surface area (Å²) in [7, 11) is -2.43. The molecule has 0 aliphatic heterocycles. The Labute approximate surface area is 346 Å². The summed E-state index contributed by atoms with van der Waals surface area (Å²) in [4.78, 5) is 41.2. The second-order valence-electron chi connectivity index (χ2n) is 17.1. The van der Waals surface area contributed by atoms with Gasteiger partial charge in [0.1, 0.15) is 41.5 Å². The molecule has 3 aromatic rings. The zero-order valence-corrected chi connectivity index (χ0v) is 38.2. The Morgan fingerprint density at radius 2 is 1.48 bits per heavy atom. The van der Waals surface area contributed by atoms with E-state index in [0.29, 0.717) is 27.6 Å². The standard InChI is InChI=1S/C41H63FN4O10SSi/c1-14-32-30-20-19-29(25-33(30)46(43-32)38(49)55-41(11,12)13)52-23-22-44(37(48)54-40(8,9)10)26-35(56-58(15-2,16-3)17-4)28-18-21-31(42)34(24-28)45(57(50)51)27-36(47)53-39(5,6)7/h18-21,24-25,35H,14-17,22-23,26-27H2,1-13H3,(H,50,51). The summed E-state index contributed by atoms with van der Waals surface area (Å²) in [5.41, 5.74) is -1.11. The van der Waals surface area contributed by atoms with Crippen molar-refractivity contribution in [3.05, 3.63) is 53.5 Å². The van der Waals surface area contributed by atoms with E-state index in [1.807, 2.05) is 13.0 Å². The molecule has 14 nitrogen and oxygen atoms in total. The molecule has 17 heteroatoms. The molecule has 2 unspecified atom stereocenters. The van der Waals surface area contributed by atoms with Gasteiger partial charge in [-0.2, -0.15) is 9.78 Å². The molecule has 0 saturated carbocycles. The summed E-state index contributed by atoms with van der Waals surface area (Å²) in [6.07, 6.45) is -1.50. The Kier molecular flexibility index (Phi) is 16.5. The minimum atomic E-state index is -2.80. The summed E-state index contributed by atoms with van der Waals surface area (Å²) in [5, 5.41) is 5.27. The van der Waals surface area contributed by atoms with E-state index in [1.165, 1.54) is 21.7 Å². The zero-order valence-electron chi connectivity index (χ0n) is 36.4. The molecule has 1 heterocycles. The lowest BCUT2D eigenvalue weighted by Gasteiger charge is -2.37. The van der Waals surface area contributed by atoms with Crippen molar-refractivity contribution >= 4 is 54.3 Å². The second kappa shape index (κ2) is 19.8. The number of aromatic nitrogens is 2. The number of carbonyl (C=O) groups excluding carboxylic acids is 3. The van der Waals surface area contributed by atoms with E-state index in [2.05, 4.69) is 25.9 Å². The molecule has 1 aromatic heterocycles.